The van der Waals surface area contributed by atoms with Crippen LogP contribution < -0.4 is 5.46 Å². The van der Waals surface area contributed by atoms with Crippen molar-refractivity contribution in [2.75, 3.05) is 0 Å². The molecule has 0 unspecified atom stereocenters. The van der Waals surface area contributed by atoms with Crippen LogP contribution in [0.1, 0.15) is 57.4 Å². The molecule has 0 saturated carbocycles. The fourth-order valence-corrected chi connectivity index (χ4v) is 11.5. The maximum atomic E-state index is 9.30. The first kappa shape index (κ1) is 55.6. The van der Waals surface area contributed by atoms with Gasteiger partial charge in [-0.2, -0.15) is 0 Å². The highest BCUT2D eigenvalue weighted by Gasteiger charge is 2.37. The van der Waals surface area contributed by atoms with E-state index in [1.54, 1.807) is 6.07 Å². The van der Waals surface area contributed by atoms with Crippen LogP contribution in [0.25, 0.3) is 102 Å². The zero-order valence-corrected chi connectivity index (χ0v) is 47.4. The van der Waals surface area contributed by atoms with Gasteiger partial charge in [-0.3, -0.25) is 0 Å². The molecule has 404 valence electrons. The second kappa shape index (κ2) is 23.6. The molecule has 0 spiro atoms. The molecule has 0 radical (unpaired) electrons. The molecule has 10 heteroatoms. The standard InChI is InChI=1S/C36H27N3.C21H14BrN3.C15H15BO2.CH4/c1-36(2)31-19-10-9-18-29(31)30-21-20-27(23-32(30)36)26-16-11-17-28(22-26)35-38-33(24-12-5-3-6-13-24)37-34(39-35)25-14-7-4-8-15-25;22-18-13-7-12-17(14-18)21-24-19(15-8-3-1-4-9-15)23-20(25-21)16-10-5-2-6-11-16;1-15(2)13-6-4-3-5-11(13)12-8-7-10(16(17)18)9-14(12)15;/h3-23H,1-2H3;1-14H;3-9,17-18H,1-2H3;1H4. The second-order valence-corrected chi connectivity index (χ2v) is 22.4. The molecule has 2 aromatic heterocycles. The topological polar surface area (TPSA) is 118 Å². The number of benzene rings is 10. The average Bonchev–Trinajstić information content (AvgIpc) is 2.97. The Morgan fingerprint density at radius 1 is 0.289 bits per heavy atom. The maximum absolute atomic E-state index is 9.30. The molecular weight excluding hydrogens is 1080 g/mol. The van der Waals surface area contributed by atoms with Crippen LogP contribution in [0, 0.1) is 0 Å². The van der Waals surface area contributed by atoms with Crippen molar-refractivity contribution in [3.8, 4) is 102 Å². The van der Waals surface area contributed by atoms with Gasteiger partial charge in [0.1, 0.15) is 0 Å². The summed E-state index contributed by atoms with van der Waals surface area (Å²) in [5.41, 5.74) is 18.9. The van der Waals surface area contributed by atoms with Gasteiger partial charge in [0.2, 0.25) is 0 Å². The Hall–Kier alpha value is -9.32. The summed E-state index contributed by atoms with van der Waals surface area (Å²) in [5.74, 6) is 4.00. The molecule has 83 heavy (non-hydrogen) atoms. The van der Waals surface area contributed by atoms with E-state index in [2.05, 4.69) is 127 Å². The lowest BCUT2D eigenvalue weighted by Gasteiger charge is -2.22. The van der Waals surface area contributed by atoms with E-state index in [1.165, 1.54) is 44.5 Å². The number of hydrogen-bond donors (Lipinski definition) is 2. The summed E-state index contributed by atoms with van der Waals surface area (Å²) in [6, 6.07) is 86.3. The van der Waals surface area contributed by atoms with E-state index in [9.17, 15) is 10.0 Å². The molecule has 2 heterocycles. The normalized spacial score (nSPS) is 12.6. The quantitative estimate of drug-likeness (QED) is 0.145. The van der Waals surface area contributed by atoms with Gasteiger partial charge in [-0.25, -0.2) is 29.9 Å². The van der Waals surface area contributed by atoms with E-state index in [-0.39, 0.29) is 18.3 Å². The minimum Gasteiger partial charge on any atom is -0.423 e. The predicted octanol–water partition coefficient (Wildman–Crippen LogP) is 16.8. The van der Waals surface area contributed by atoms with Gasteiger partial charge in [-0.1, -0.05) is 282 Å². The summed E-state index contributed by atoms with van der Waals surface area (Å²) < 4.78 is 0.993. The van der Waals surface area contributed by atoms with Gasteiger partial charge in [-0.05, 0) is 85.4 Å². The molecule has 2 aliphatic rings. The van der Waals surface area contributed by atoms with Crippen LogP contribution in [0.3, 0.4) is 0 Å². The van der Waals surface area contributed by atoms with Crippen molar-refractivity contribution >= 4 is 28.5 Å². The van der Waals surface area contributed by atoms with Gasteiger partial charge in [0.15, 0.2) is 34.9 Å². The molecule has 0 fully saturated rings. The van der Waals surface area contributed by atoms with Crippen molar-refractivity contribution in [1.82, 2.24) is 29.9 Å². The Bertz CT molecular complexity index is 4160. The summed E-state index contributed by atoms with van der Waals surface area (Å²) in [7, 11) is -1.41. The van der Waals surface area contributed by atoms with Crippen molar-refractivity contribution < 1.29 is 10.0 Å². The van der Waals surface area contributed by atoms with Crippen molar-refractivity contribution in [2.45, 2.75) is 46.0 Å². The predicted molar refractivity (Wildman–Crippen MR) is 344 cm³/mol. The van der Waals surface area contributed by atoms with Gasteiger partial charge in [0.05, 0.1) is 0 Å². The minimum atomic E-state index is -1.41. The molecule has 12 aromatic rings. The molecule has 0 amide bonds. The fraction of sp³-hybridized carbons (Fsp3) is 0.0959. The van der Waals surface area contributed by atoms with E-state index in [0.717, 1.165) is 49.0 Å². The summed E-state index contributed by atoms with van der Waals surface area (Å²) in [6.07, 6.45) is 0. The van der Waals surface area contributed by atoms with Crippen molar-refractivity contribution in [3.63, 3.8) is 0 Å². The smallest absolute Gasteiger partial charge is 0.423 e. The van der Waals surface area contributed by atoms with Gasteiger partial charge >= 0.3 is 7.12 Å². The lowest BCUT2D eigenvalue weighted by Crippen LogP contribution is -2.31. The molecule has 0 bridgehead atoms. The van der Waals surface area contributed by atoms with Crippen LogP contribution in [-0.2, 0) is 10.8 Å². The third-order valence-electron chi connectivity index (χ3n) is 15.4. The molecule has 0 atom stereocenters. The van der Waals surface area contributed by atoms with Gasteiger partial charge in [0.25, 0.3) is 0 Å². The largest absolute Gasteiger partial charge is 0.488 e. The lowest BCUT2D eigenvalue weighted by molar-refractivity contribution is 0.425. The first-order valence-corrected chi connectivity index (χ1v) is 28.1. The number of rotatable bonds is 8. The first-order valence-electron chi connectivity index (χ1n) is 27.3. The Morgan fingerprint density at radius 3 is 1.02 bits per heavy atom. The zero-order chi connectivity index (χ0) is 56.4. The van der Waals surface area contributed by atoms with E-state index in [4.69, 9.17) is 24.9 Å². The lowest BCUT2D eigenvalue weighted by atomic mass is 9.75. The molecule has 0 aliphatic heterocycles. The molecule has 10 aromatic carbocycles. The highest BCUT2D eigenvalue weighted by Crippen LogP contribution is 2.50. The van der Waals surface area contributed by atoms with E-state index < -0.39 is 7.12 Å². The molecule has 8 nitrogen and oxygen atoms in total. The Kier molecular flexibility index (Phi) is 15.8. The zero-order valence-electron chi connectivity index (χ0n) is 45.8. The summed E-state index contributed by atoms with van der Waals surface area (Å²) in [6.45, 7) is 8.98. The fourth-order valence-electron chi connectivity index (χ4n) is 11.1. The van der Waals surface area contributed by atoms with Gasteiger partial charge in [-0.15, -0.1) is 0 Å². The highest BCUT2D eigenvalue weighted by molar-refractivity contribution is 9.10. The Morgan fingerprint density at radius 2 is 0.602 bits per heavy atom. The van der Waals surface area contributed by atoms with Crippen LogP contribution in [0.4, 0.5) is 0 Å². The van der Waals surface area contributed by atoms with E-state index >= 15 is 0 Å². The number of nitrogens with zero attached hydrogens (tertiary/aromatic N) is 6. The van der Waals surface area contributed by atoms with E-state index in [1.807, 2.05) is 170 Å². The number of halogens is 1. The minimum absolute atomic E-state index is 0. The van der Waals surface area contributed by atoms with Crippen molar-refractivity contribution in [3.05, 3.63) is 282 Å². The third kappa shape index (κ3) is 11.4. The first-order chi connectivity index (χ1) is 39.9. The summed E-state index contributed by atoms with van der Waals surface area (Å²) >= 11 is 3.52. The molecule has 14 rings (SSSR count). The average molecular weight is 1140 g/mol. The van der Waals surface area contributed by atoms with Crippen LogP contribution in [0.15, 0.2) is 259 Å². The molecule has 2 aliphatic carbocycles. The van der Waals surface area contributed by atoms with Crippen LogP contribution in [-0.4, -0.2) is 47.1 Å². The van der Waals surface area contributed by atoms with Crippen LogP contribution >= 0.6 is 15.9 Å². The maximum Gasteiger partial charge on any atom is 0.488 e. The Labute approximate surface area is 494 Å². The summed E-state index contributed by atoms with van der Waals surface area (Å²) in [4.78, 5) is 28.8. The summed E-state index contributed by atoms with van der Waals surface area (Å²) in [5, 5.41) is 18.6. The third-order valence-corrected chi connectivity index (χ3v) is 15.9. The highest BCUT2D eigenvalue weighted by atomic mass is 79.9. The van der Waals surface area contributed by atoms with Crippen LogP contribution in [0.5, 0.6) is 0 Å². The molecule has 2 N–H and O–H groups in total. The monoisotopic (exact) mass is 1140 g/mol. The Balaban J connectivity index is 0.000000141. The van der Waals surface area contributed by atoms with E-state index in [0.29, 0.717) is 40.4 Å². The molecular formula is C73H60BBrN6O2. The van der Waals surface area contributed by atoms with Crippen LogP contribution in [0.2, 0.25) is 0 Å². The number of fused-ring (bicyclic) bond motifs is 6. The number of aromatic nitrogens is 6. The van der Waals surface area contributed by atoms with Crippen molar-refractivity contribution in [1.29, 1.82) is 0 Å². The van der Waals surface area contributed by atoms with Gasteiger partial charge < -0.3 is 10.0 Å². The second-order valence-electron chi connectivity index (χ2n) is 21.4. The number of hydrogen-bond acceptors (Lipinski definition) is 8. The molecule has 0 saturated heterocycles. The SMILES string of the molecule is Brc1cccc(-c2nc(-c3ccccc3)nc(-c3ccccc3)n2)c1.C.CC1(C)c2ccccc2-c2ccc(-c3cccc(-c4nc(-c5ccccc5)nc(-c5ccccc5)n4)c3)cc21.CC1(C)c2ccccc2-c2ccc(B(O)O)cc21. The van der Waals surface area contributed by atoms with Crippen molar-refractivity contribution in [2.24, 2.45) is 0 Å². The van der Waals surface area contributed by atoms with Gasteiger partial charge in [0, 0.05) is 48.7 Å².